The van der Waals surface area contributed by atoms with E-state index < -0.39 is 0 Å². The van der Waals surface area contributed by atoms with Crippen molar-refractivity contribution in [3.8, 4) is 71.8 Å². The van der Waals surface area contributed by atoms with Crippen molar-refractivity contribution < 1.29 is 29.2 Å². The van der Waals surface area contributed by atoms with Gasteiger partial charge in [0.25, 0.3) is 0 Å². The van der Waals surface area contributed by atoms with Crippen LogP contribution < -0.4 is 18.9 Å². The number of fused-ring (bicyclic) bond motifs is 2. The number of aliphatic hydroxyl groups is 2. The molecule has 0 aromatic carbocycles. The maximum absolute atomic E-state index is 10.2. The number of ether oxygens (including phenoxy) is 4. The fourth-order valence-electron chi connectivity index (χ4n) is 4.96. The summed E-state index contributed by atoms with van der Waals surface area (Å²) in [6.45, 7) is 2.13. The molecule has 0 fully saturated rings. The zero-order valence-electron chi connectivity index (χ0n) is 21.8. The number of hydrogen-bond acceptors (Lipinski definition) is 12. The van der Waals surface area contributed by atoms with Crippen molar-refractivity contribution in [2.75, 3.05) is 26.4 Å². The van der Waals surface area contributed by atoms with Gasteiger partial charge < -0.3 is 29.2 Å². The van der Waals surface area contributed by atoms with Gasteiger partial charge in [0.05, 0.1) is 32.7 Å². The largest absolute Gasteiger partial charge is 0.485 e. The molecule has 0 saturated heterocycles. The Balaban J connectivity index is 1.08. The van der Waals surface area contributed by atoms with Crippen LogP contribution >= 0.6 is 68.0 Å². The van der Waals surface area contributed by atoms with Crippen molar-refractivity contribution in [1.29, 1.82) is 0 Å². The molecule has 2 N–H and O–H groups in total. The Bertz CT molecular complexity index is 1760. The molecule has 12 heteroatoms. The van der Waals surface area contributed by atoms with Gasteiger partial charge in [-0.2, -0.15) is 0 Å². The summed E-state index contributed by atoms with van der Waals surface area (Å²) in [5.41, 5.74) is 1.80. The van der Waals surface area contributed by atoms with Gasteiger partial charge in [-0.05, 0) is 47.5 Å². The maximum Gasteiger partial charge on any atom is 0.180 e. The summed E-state index contributed by atoms with van der Waals surface area (Å²) < 4.78 is 23.3. The summed E-state index contributed by atoms with van der Waals surface area (Å²) in [5.74, 6) is 3.14. The Kier molecular flexibility index (Phi) is 7.12. The van der Waals surface area contributed by atoms with E-state index in [2.05, 4.69) is 36.4 Å². The van der Waals surface area contributed by atoms with E-state index in [1.807, 2.05) is 10.8 Å². The smallest absolute Gasteiger partial charge is 0.180 e. The summed E-state index contributed by atoms with van der Waals surface area (Å²) in [6.07, 6.45) is 0. The average molecular weight is 671 g/mol. The fraction of sp³-hybridized carbons (Fsp3) is 0.200. The predicted octanol–water partition coefficient (Wildman–Crippen LogP) is 8.92. The molecule has 8 rings (SSSR count). The molecule has 214 valence electrons. The third kappa shape index (κ3) is 4.61. The highest BCUT2D eigenvalue weighted by atomic mass is 32.1. The first-order chi connectivity index (χ1) is 20.7. The van der Waals surface area contributed by atoms with Crippen molar-refractivity contribution in [1.82, 2.24) is 0 Å². The molecule has 0 saturated carbocycles. The Morgan fingerprint density at radius 3 is 1.33 bits per heavy atom. The first-order valence-electron chi connectivity index (χ1n) is 13.1. The van der Waals surface area contributed by atoms with E-state index in [0.717, 1.165) is 63.4 Å². The third-order valence-electron chi connectivity index (χ3n) is 6.91. The molecule has 6 aromatic heterocycles. The molecule has 0 unspecified atom stereocenters. The number of rotatable bonds is 7. The van der Waals surface area contributed by atoms with Crippen molar-refractivity contribution >= 4 is 68.0 Å². The Hall–Kier alpha value is -2.68. The van der Waals surface area contributed by atoms with E-state index in [1.165, 1.54) is 19.5 Å². The second-order valence-electron chi connectivity index (χ2n) is 9.48. The number of thiophene rings is 6. The van der Waals surface area contributed by atoms with Crippen molar-refractivity contribution in [2.45, 2.75) is 13.2 Å². The van der Waals surface area contributed by atoms with Crippen LogP contribution in [-0.2, 0) is 13.2 Å². The van der Waals surface area contributed by atoms with Gasteiger partial charge >= 0.3 is 0 Å². The summed E-state index contributed by atoms with van der Waals surface area (Å²) >= 11 is 10.1. The highest BCUT2D eigenvalue weighted by Gasteiger charge is 2.26. The van der Waals surface area contributed by atoms with E-state index >= 15 is 0 Å². The van der Waals surface area contributed by atoms with Crippen LogP contribution in [0, 0.1) is 0 Å². The lowest BCUT2D eigenvalue weighted by Gasteiger charge is -2.15. The molecule has 2 aliphatic heterocycles. The van der Waals surface area contributed by atoms with Gasteiger partial charge in [0.2, 0.25) is 0 Å². The SMILES string of the molecule is OCc1cc(-c2ccc(-c3ccc(-c4cc(CO)c(-c5scc6c5OCCO6)s4)s3)s2)sc1-c1scc2c1OCCO2. The summed E-state index contributed by atoms with van der Waals surface area (Å²) in [4.78, 5) is 11.1. The van der Waals surface area contributed by atoms with E-state index in [9.17, 15) is 10.2 Å². The van der Waals surface area contributed by atoms with E-state index in [-0.39, 0.29) is 13.2 Å². The highest BCUT2D eigenvalue weighted by molar-refractivity contribution is 7.30. The quantitative estimate of drug-likeness (QED) is 0.177. The zero-order valence-corrected chi connectivity index (χ0v) is 26.7. The second-order valence-corrected chi connectivity index (χ2v) is 15.5. The second kappa shape index (κ2) is 11.1. The summed E-state index contributed by atoms with van der Waals surface area (Å²) in [6, 6.07) is 12.8. The van der Waals surface area contributed by atoms with Gasteiger partial charge in [-0.1, -0.05) is 0 Å². The van der Waals surface area contributed by atoms with Crippen LogP contribution in [0.2, 0.25) is 0 Å². The predicted molar refractivity (Wildman–Crippen MR) is 175 cm³/mol. The molecular formula is C30H22O6S6. The van der Waals surface area contributed by atoms with Crippen molar-refractivity contribution in [2.24, 2.45) is 0 Å². The molecule has 42 heavy (non-hydrogen) atoms. The average Bonchev–Trinajstić information content (AvgIpc) is 3.86. The van der Waals surface area contributed by atoms with Gasteiger partial charge in [-0.15, -0.1) is 68.0 Å². The van der Waals surface area contributed by atoms with E-state index in [4.69, 9.17) is 18.9 Å². The van der Waals surface area contributed by atoms with Crippen LogP contribution in [-0.4, -0.2) is 36.6 Å². The Morgan fingerprint density at radius 2 is 0.905 bits per heavy atom. The van der Waals surface area contributed by atoms with Gasteiger partial charge in [0.1, 0.15) is 26.4 Å². The molecular weight excluding hydrogens is 649 g/mol. The highest BCUT2D eigenvalue weighted by Crippen LogP contribution is 2.53. The molecule has 6 nitrogen and oxygen atoms in total. The molecule has 0 aliphatic carbocycles. The van der Waals surface area contributed by atoms with Gasteiger partial charge in [-0.25, -0.2) is 0 Å². The van der Waals surface area contributed by atoms with Crippen molar-refractivity contribution in [3.05, 3.63) is 58.3 Å². The van der Waals surface area contributed by atoms with Crippen LogP contribution in [0.5, 0.6) is 23.0 Å². The third-order valence-corrected chi connectivity index (χ3v) is 14.2. The zero-order chi connectivity index (χ0) is 28.2. The Labute approximate surface area is 265 Å². The van der Waals surface area contributed by atoms with Crippen LogP contribution in [0.25, 0.3) is 48.8 Å². The summed E-state index contributed by atoms with van der Waals surface area (Å²) in [7, 11) is 0. The molecule has 6 aromatic rings. The Morgan fingerprint density at radius 1 is 0.500 bits per heavy atom. The summed E-state index contributed by atoms with van der Waals surface area (Å²) in [5, 5.41) is 24.3. The van der Waals surface area contributed by atoms with Gasteiger partial charge in [0.15, 0.2) is 23.0 Å². The lowest BCUT2D eigenvalue weighted by molar-refractivity contribution is 0.174. The first-order valence-corrected chi connectivity index (χ1v) is 18.2. The molecule has 8 heterocycles. The van der Waals surface area contributed by atoms with Crippen LogP contribution in [0.1, 0.15) is 11.1 Å². The van der Waals surface area contributed by atoms with Crippen LogP contribution in [0.4, 0.5) is 0 Å². The standard InChI is InChI=1S/C30H22O6S6/c31-11-15-9-23(41-27(15)29-25-17(13-37-29)33-5-7-35-25)21-3-1-19(39-21)20-2-4-22(40-20)24-10-16(12-32)28(42-24)30-26-18(14-38-30)34-6-8-36-26/h1-4,9-10,13-14,31-32H,5-8,11-12H2. The first kappa shape index (κ1) is 26.9. The minimum Gasteiger partial charge on any atom is -0.485 e. The van der Waals surface area contributed by atoms with Crippen LogP contribution in [0.15, 0.2) is 47.2 Å². The van der Waals surface area contributed by atoms with E-state index in [0.29, 0.717) is 26.4 Å². The number of aliphatic hydroxyl groups excluding tert-OH is 2. The molecule has 0 spiro atoms. The molecule has 0 radical (unpaired) electrons. The topological polar surface area (TPSA) is 77.4 Å². The fourth-order valence-corrected chi connectivity index (χ4v) is 11.8. The molecule has 2 aliphatic rings. The normalized spacial score (nSPS) is 14.0. The monoisotopic (exact) mass is 670 g/mol. The number of hydrogen-bond donors (Lipinski definition) is 2. The van der Waals surface area contributed by atoms with Gasteiger partial charge in [0, 0.05) is 40.0 Å². The molecule has 0 atom stereocenters. The minimum atomic E-state index is -0.0298. The lowest BCUT2D eigenvalue weighted by Crippen LogP contribution is -2.14. The lowest BCUT2D eigenvalue weighted by atomic mass is 10.2. The van der Waals surface area contributed by atoms with E-state index in [1.54, 1.807) is 68.0 Å². The maximum atomic E-state index is 10.2. The van der Waals surface area contributed by atoms with Crippen LogP contribution in [0.3, 0.4) is 0 Å². The minimum absolute atomic E-state index is 0.0298. The molecule has 0 bridgehead atoms. The van der Waals surface area contributed by atoms with Crippen molar-refractivity contribution in [3.63, 3.8) is 0 Å². The van der Waals surface area contributed by atoms with Gasteiger partial charge in [-0.3, -0.25) is 0 Å². The molecule has 0 amide bonds.